The molecular weight excluding hydrogens is 224 g/mol. The third-order valence-corrected chi connectivity index (χ3v) is 4.73. The van der Waals surface area contributed by atoms with Gasteiger partial charge in [-0.1, -0.05) is 20.3 Å². The standard InChI is InChI=1S/C11H24N2O2S/c1-3-4-7-16(14,15)13-9-11-5-6-12-8-10(11)2/h10-13H,3-9H2,1-2H3. The number of rotatable bonds is 6. The molecule has 2 N–H and O–H groups in total. The second-order valence-electron chi connectivity index (χ2n) is 4.75. The predicted molar refractivity (Wildman–Crippen MR) is 66.8 cm³/mol. The van der Waals surface area contributed by atoms with Crippen molar-refractivity contribution < 1.29 is 8.42 Å². The lowest BCUT2D eigenvalue weighted by molar-refractivity contribution is 0.274. The number of hydrogen-bond donors (Lipinski definition) is 2. The maximum atomic E-state index is 11.6. The second kappa shape index (κ2) is 6.57. The van der Waals surface area contributed by atoms with Gasteiger partial charge in [-0.15, -0.1) is 0 Å². The average Bonchev–Trinajstić information content (AvgIpc) is 2.26. The third kappa shape index (κ3) is 4.80. The summed E-state index contributed by atoms with van der Waals surface area (Å²) in [6.45, 7) is 6.80. The molecule has 0 radical (unpaired) electrons. The van der Waals surface area contributed by atoms with Crippen LogP contribution in [-0.2, 0) is 10.0 Å². The SMILES string of the molecule is CCCCS(=O)(=O)NCC1CCNCC1C. The minimum atomic E-state index is -3.04. The molecule has 2 unspecified atom stereocenters. The highest BCUT2D eigenvalue weighted by atomic mass is 32.2. The van der Waals surface area contributed by atoms with E-state index in [1.165, 1.54) is 0 Å². The zero-order valence-electron chi connectivity index (χ0n) is 10.3. The van der Waals surface area contributed by atoms with Crippen molar-refractivity contribution in [2.24, 2.45) is 11.8 Å². The fourth-order valence-corrected chi connectivity index (χ4v) is 3.29. The van der Waals surface area contributed by atoms with E-state index in [0.29, 0.717) is 18.4 Å². The lowest BCUT2D eigenvalue weighted by Gasteiger charge is -2.29. The quantitative estimate of drug-likeness (QED) is 0.736. The van der Waals surface area contributed by atoms with Crippen molar-refractivity contribution in [1.29, 1.82) is 0 Å². The zero-order chi connectivity index (χ0) is 12.0. The van der Waals surface area contributed by atoms with E-state index in [-0.39, 0.29) is 5.75 Å². The Kier molecular flexibility index (Phi) is 5.72. The Labute approximate surface area is 99.2 Å². The van der Waals surface area contributed by atoms with Crippen LogP contribution in [0.5, 0.6) is 0 Å². The van der Waals surface area contributed by atoms with Gasteiger partial charge in [-0.3, -0.25) is 0 Å². The van der Waals surface area contributed by atoms with Crippen LogP contribution in [0.3, 0.4) is 0 Å². The molecule has 96 valence electrons. The van der Waals surface area contributed by atoms with Crippen molar-refractivity contribution in [3.63, 3.8) is 0 Å². The first-order chi connectivity index (χ1) is 7.55. The molecule has 0 bridgehead atoms. The first-order valence-electron chi connectivity index (χ1n) is 6.23. The van der Waals surface area contributed by atoms with Gasteiger partial charge in [0.1, 0.15) is 0 Å². The van der Waals surface area contributed by atoms with E-state index < -0.39 is 10.0 Å². The van der Waals surface area contributed by atoms with Crippen LogP contribution < -0.4 is 10.0 Å². The number of piperidine rings is 1. The van der Waals surface area contributed by atoms with E-state index in [9.17, 15) is 8.42 Å². The predicted octanol–water partition coefficient (Wildman–Crippen LogP) is 0.952. The number of hydrogen-bond acceptors (Lipinski definition) is 3. The van der Waals surface area contributed by atoms with Crippen molar-refractivity contribution in [1.82, 2.24) is 10.0 Å². The van der Waals surface area contributed by atoms with Crippen LogP contribution in [0.1, 0.15) is 33.1 Å². The molecule has 4 nitrogen and oxygen atoms in total. The van der Waals surface area contributed by atoms with Gasteiger partial charge in [0.15, 0.2) is 0 Å². The van der Waals surface area contributed by atoms with Gasteiger partial charge in [0.05, 0.1) is 5.75 Å². The minimum absolute atomic E-state index is 0.267. The van der Waals surface area contributed by atoms with Crippen molar-refractivity contribution in [2.45, 2.75) is 33.1 Å². The molecule has 16 heavy (non-hydrogen) atoms. The monoisotopic (exact) mass is 248 g/mol. The van der Waals surface area contributed by atoms with Gasteiger partial charge in [-0.05, 0) is 37.8 Å². The number of nitrogens with one attached hydrogen (secondary N) is 2. The van der Waals surface area contributed by atoms with Gasteiger partial charge in [0.25, 0.3) is 0 Å². The van der Waals surface area contributed by atoms with Crippen LogP contribution >= 0.6 is 0 Å². The van der Waals surface area contributed by atoms with E-state index >= 15 is 0 Å². The summed E-state index contributed by atoms with van der Waals surface area (Å²) in [7, 11) is -3.04. The summed E-state index contributed by atoms with van der Waals surface area (Å²) in [5, 5.41) is 3.32. The number of sulfonamides is 1. The second-order valence-corrected chi connectivity index (χ2v) is 6.68. The van der Waals surface area contributed by atoms with Crippen molar-refractivity contribution in [3.8, 4) is 0 Å². The lowest BCUT2D eigenvalue weighted by atomic mass is 9.88. The van der Waals surface area contributed by atoms with E-state index in [1.54, 1.807) is 0 Å². The maximum absolute atomic E-state index is 11.6. The molecule has 0 aromatic rings. The first-order valence-corrected chi connectivity index (χ1v) is 7.88. The van der Waals surface area contributed by atoms with Gasteiger partial charge in [-0.25, -0.2) is 13.1 Å². The van der Waals surface area contributed by atoms with Crippen LogP contribution in [0.25, 0.3) is 0 Å². The molecule has 0 aliphatic carbocycles. The average molecular weight is 248 g/mol. The van der Waals surface area contributed by atoms with Crippen molar-refractivity contribution >= 4 is 10.0 Å². The van der Waals surface area contributed by atoms with Crippen LogP contribution in [0.2, 0.25) is 0 Å². The van der Waals surface area contributed by atoms with Crippen LogP contribution in [0, 0.1) is 11.8 Å². The molecule has 1 heterocycles. The number of unbranched alkanes of at least 4 members (excludes halogenated alkanes) is 1. The highest BCUT2D eigenvalue weighted by molar-refractivity contribution is 7.89. The molecule has 1 fully saturated rings. The Morgan fingerprint density at radius 3 is 2.81 bits per heavy atom. The molecule has 2 atom stereocenters. The smallest absolute Gasteiger partial charge is 0.211 e. The fraction of sp³-hybridized carbons (Fsp3) is 1.00. The topological polar surface area (TPSA) is 58.2 Å². The lowest BCUT2D eigenvalue weighted by Crippen LogP contribution is -2.41. The Balaban J connectivity index is 2.32. The highest BCUT2D eigenvalue weighted by Gasteiger charge is 2.22. The molecule has 0 aromatic heterocycles. The largest absolute Gasteiger partial charge is 0.316 e. The molecule has 1 rings (SSSR count). The van der Waals surface area contributed by atoms with Crippen LogP contribution in [-0.4, -0.2) is 33.8 Å². The van der Waals surface area contributed by atoms with E-state index in [0.717, 1.165) is 32.4 Å². The molecule has 1 aliphatic rings. The Morgan fingerprint density at radius 2 is 2.19 bits per heavy atom. The first kappa shape index (κ1) is 13.9. The van der Waals surface area contributed by atoms with Gasteiger partial charge in [-0.2, -0.15) is 0 Å². The molecule has 0 amide bonds. The molecule has 5 heteroatoms. The summed E-state index contributed by atoms with van der Waals surface area (Å²) in [6, 6.07) is 0. The van der Waals surface area contributed by atoms with Gasteiger partial charge < -0.3 is 5.32 Å². The normalized spacial score (nSPS) is 26.9. The Hall–Kier alpha value is -0.130. The molecule has 0 spiro atoms. The van der Waals surface area contributed by atoms with Gasteiger partial charge >= 0.3 is 0 Å². The molecule has 0 aromatic carbocycles. The van der Waals surface area contributed by atoms with E-state index in [1.807, 2.05) is 6.92 Å². The molecule has 0 saturated carbocycles. The third-order valence-electron chi connectivity index (χ3n) is 3.30. The molecular formula is C11H24N2O2S. The van der Waals surface area contributed by atoms with Crippen LogP contribution in [0.4, 0.5) is 0 Å². The summed E-state index contributed by atoms with van der Waals surface area (Å²) in [5.41, 5.74) is 0. The van der Waals surface area contributed by atoms with Gasteiger partial charge in [0, 0.05) is 6.54 Å². The summed E-state index contributed by atoms with van der Waals surface area (Å²) < 4.78 is 26.0. The van der Waals surface area contributed by atoms with E-state index in [2.05, 4.69) is 17.0 Å². The van der Waals surface area contributed by atoms with Crippen LogP contribution in [0.15, 0.2) is 0 Å². The minimum Gasteiger partial charge on any atom is -0.316 e. The summed E-state index contributed by atoms with van der Waals surface area (Å²) in [5.74, 6) is 1.31. The maximum Gasteiger partial charge on any atom is 0.211 e. The molecule has 1 aliphatic heterocycles. The Morgan fingerprint density at radius 1 is 1.44 bits per heavy atom. The van der Waals surface area contributed by atoms with Gasteiger partial charge in [0.2, 0.25) is 10.0 Å². The van der Waals surface area contributed by atoms with Crippen molar-refractivity contribution in [2.75, 3.05) is 25.4 Å². The summed E-state index contributed by atoms with van der Waals surface area (Å²) >= 11 is 0. The summed E-state index contributed by atoms with van der Waals surface area (Å²) in [6.07, 6.45) is 2.74. The van der Waals surface area contributed by atoms with E-state index in [4.69, 9.17) is 0 Å². The fourth-order valence-electron chi connectivity index (χ4n) is 2.01. The van der Waals surface area contributed by atoms with Crippen molar-refractivity contribution in [3.05, 3.63) is 0 Å². The summed E-state index contributed by atoms with van der Waals surface area (Å²) in [4.78, 5) is 0. The highest BCUT2D eigenvalue weighted by Crippen LogP contribution is 2.17. The molecule has 1 saturated heterocycles. The Bertz CT molecular complexity index is 290. The zero-order valence-corrected chi connectivity index (χ0v) is 11.1.